The summed E-state index contributed by atoms with van der Waals surface area (Å²) in [5.41, 5.74) is 1.92. The second-order valence-corrected chi connectivity index (χ2v) is 24.6. The van der Waals surface area contributed by atoms with Crippen molar-refractivity contribution in [1.29, 1.82) is 0 Å². The number of allylic oxidation sites excluding steroid dienone is 3. The first kappa shape index (κ1) is 27.5. The maximum absolute atomic E-state index is 13.7. The van der Waals surface area contributed by atoms with Gasteiger partial charge < -0.3 is 14.2 Å². The van der Waals surface area contributed by atoms with Gasteiger partial charge in [0.2, 0.25) is 0 Å². The van der Waals surface area contributed by atoms with E-state index in [1.807, 2.05) is 5.20 Å². The van der Waals surface area contributed by atoms with Crippen LogP contribution < -0.4 is 0 Å². The lowest BCUT2D eigenvalue weighted by atomic mass is 9.47. The van der Waals surface area contributed by atoms with Crippen LogP contribution in [0.25, 0.3) is 0 Å². The molecule has 0 aliphatic heterocycles. The number of fused-ring (bicyclic) bond motifs is 5. The Labute approximate surface area is 216 Å². The lowest BCUT2D eigenvalue weighted by Gasteiger charge is -2.59. The Morgan fingerprint density at radius 2 is 1.77 bits per heavy atom. The molecule has 35 heavy (non-hydrogen) atoms. The number of Topliss-reactive ketones (excluding diaryl/α,β-unsaturated/α-hetero) is 1. The van der Waals surface area contributed by atoms with Crippen LogP contribution in [0, 0.1) is 28.6 Å². The van der Waals surface area contributed by atoms with Crippen LogP contribution in [0.2, 0.25) is 44.8 Å². The molecule has 6 heteroatoms. The van der Waals surface area contributed by atoms with Gasteiger partial charge in [-0.2, -0.15) is 0 Å². The van der Waals surface area contributed by atoms with Crippen LogP contribution in [0.15, 0.2) is 22.9 Å². The molecule has 0 saturated heterocycles. The quantitative estimate of drug-likeness (QED) is 0.145. The number of hydrogen-bond acceptors (Lipinski definition) is 4. The molecule has 0 spiro atoms. The van der Waals surface area contributed by atoms with Gasteiger partial charge in [-0.25, -0.2) is 0 Å². The molecule has 4 aliphatic rings. The van der Waals surface area contributed by atoms with E-state index in [9.17, 15) is 4.79 Å². The van der Waals surface area contributed by atoms with Crippen LogP contribution in [-0.2, 0) is 19.0 Å². The van der Waals surface area contributed by atoms with E-state index in [0.29, 0.717) is 49.3 Å². The third-order valence-electron chi connectivity index (χ3n) is 10.0. The van der Waals surface area contributed by atoms with Crippen molar-refractivity contribution in [3.63, 3.8) is 0 Å². The summed E-state index contributed by atoms with van der Waals surface area (Å²) in [5, 5.41) is 1.81. The summed E-state index contributed by atoms with van der Waals surface area (Å²) in [4.78, 5) is 13.7. The van der Waals surface area contributed by atoms with Gasteiger partial charge >= 0.3 is 0 Å². The average Bonchev–Trinajstić information content (AvgIpc) is 3.12. The summed E-state index contributed by atoms with van der Waals surface area (Å²) in [6.07, 6.45) is 11.9. The summed E-state index contributed by atoms with van der Waals surface area (Å²) >= 11 is 0. The molecular weight excluding hydrogens is 468 g/mol. The van der Waals surface area contributed by atoms with E-state index in [0.717, 1.165) is 12.3 Å². The summed E-state index contributed by atoms with van der Waals surface area (Å²) in [7, 11) is -1.25. The van der Waals surface area contributed by atoms with Crippen LogP contribution in [-0.4, -0.2) is 55.7 Å². The maximum atomic E-state index is 13.7. The molecule has 4 nitrogen and oxygen atoms in total. The van der Waals surface area contributed by atoms with Crippen molar-refractivity contribution >= 4 is 21.9 Å². The predicted molar refractivity (Wildman–Crippen MR) is 149 cm³/mol. The lowest BCUT2D eigenvalue weighted by Crippen LogP contribution is -2.55. The molecule has 2 saturated carbocycles. The fraction of sp³-hybridized carbons (Fsp3) is 0.828. The zero-order valence-electron chi connectivity index (χ0n) is 23.7. The minimum Gasteiger partial charge on any atom is -0.382 e. The molecule has 0 aromatic carbocycles. The van der Waals surface area contributed by atoms with E-state index in [2.05, 4.69) is 58.4 Å². The minimum absolute atomic E-state index is 0.135. The van der Waals surface area contributed by atoms with Gasteiger partial charge in [0.05, 0.1) is 36.0 Å². The molecule has 0 amide bonds. The van der Waals surface area contributed by atoms with Crippen LogP contribution >= 0.6 is 0 Å². The van der Waals surface area contributed by atoms with E-state index < -0.39 is 16.1 Å². The number of ether oxygens (including phenoxy) is 3. The van der Waals surface area contributed by atoms with Crippen molar-refractivity contribution in [2.75, 3.05) is 33.7 Å². The van der Waals surface area contributed by atoms with E-state index in [1.54, 1.807) is 12.7 Å². The molecule has 0 bridgehead atoms. The Hall–Kier alpha value is -0.536. The third-order valence-corrected chi connectivity index (χ3v) is 14.8. The van der Waals surface area contributed by atoms with Gasteiger partial charge in [-0.15, -0.1) is 0 Å². The summed E-state index contributed by atoms with van der Waals surface area (Å²) in [6.45, 7) is 19.2. The van der Waals surface area contributed by atoms with Gasteiger partial charge in [0, 0.05) is 24.5 Å². The van der Waals surface area contributed by atoms with E-state index in [-0.39, 0.29) is 17.7 Å². The van der Waals surface area contributed by atoms with Crippen LogP contribution in [0.4, 0.5) is 0 Å². The van der Waals surface area contributed by atoms with Gasteiger partial charge in [0.25, 0.3) is 0 Å². The fourth-order valence-corrected chi connectivity index (χ4v) is 13.1. The van der Waals surface area contributed by atoms with E-state index in [1.165, 1.54) is 25.7 Å². The van der Waals surface area contributed by atoms with Crippen molar-refractivity contribution in [1.82, 2.24) is 0 Å². The molecule has 4 rings (SSSR count). The molecule has 0 heterocycles. The second-order valence-electron chi connectivity index (χ2n) is 14.2. The predicted octanol–water partition coefficient (Wildman–Crippen LogP) is 6.87. The van der Waals surface area contributed by atoms with Gasteiger partial charge in [0.1, 0.15) is 12.6 Å². The van der Waals surface area contributed by atoms with Crippen LogP contribution in [0.1, 0.15) is 45.4 Å². The van der Waals surface area contributed by atoms with Crippen molar-refractivity contribution in [3.05, 3.63) is 22.9 Å². The zero-order valence-corrected chi connectivity index (χ0v) is 25.7. The average molecular weight is 519 g/mol. The van der Waals surface area contributed by atoms with E-state index in [4.69, 9.17) is 14.2 Å². The first-order valence-corrected chi connectivity index (χ1v) is 21.0. The number of hydrogen-bond donors (Lipinski definition) is 0. The normalized spacial score (nSPS) is 37.3. The zero-order chi connectivity index (χ0) is 25.6. The molecular formula is C29H50O4Si2. The highest BCUT2D eigenvalue weighted by atomic mass is 28.3. The summed E-state index contributed by atoms with van der Waals surface area (Å²) in [5.74, 6) is 2.42. The molecule has 2 fully saturated rings. The van der Waals surface area contributed by atoms with Crippen molar-refractivity contribution < 1.29 is 19.0 Å². The Morgan fingerprint density at radius 1 is 1.03 bits per heavy atom. The van der Waals surface area contributed by atoms with E-state index >= 15 is 0 Å². The smallest absolute Gasteiger partial charge is 0.146 e. The second kappa shape index (κ2) is 9.97. The van der Waals surface area contributed by atoms with Gasteiger partial charge in [0.15, 0.2) is 0 Å². The molecule has 4 aliphatic carbocycles. The Morgan fingerprint density at radius 3 is 2.43 bits per heavy atom. The number of methoxy groups -OCH3 is 1. The topological polar surface area (TPSA) is 44.8 Å². The fourth-order valence-electron chi connectivity index (χ4n) is 8.59. The highest BCUT2D eigenvalue weighted by molar-refractivity contribution is 6.83. The molecule has 6 atom stereocenters. The first-order valence-electron chi connectivity index (χ1n) is 13.9. The Balaban J connectivity index is 1.63. The first-order chi connectivity index (χ1) is 16.3. The maximum Gasteiger partial charge on any atom is 0.146 e. The highest BCUT2D eigenvalue weighted by Gasteiger charge is 2.60. The molecule has 0 aromatic rings. The van der Waals surface area contributed by atoms with Gasteiger partial charge in [-0.05, 0) is 55.3 Å². The molecule has 0 radical (unpaired) electrons. The Kier molecular flexibility index (Phi) is 7.84. The van der Waals surface area contributed by atoms with Gasteiger partial charge in [-0.1, -0.05) is 69.1 Å². The SMILES string of the molecule is COCCOCOC[C@]12CC(=O)C([Si](C)(C)C)C=C1CC[C@@H]1[C@@H]2CC[C@]2(C)C([Si](C)(C)C)=CC[C@@H]12. The molecule has 0 N–H and O–H groups in total. The summed E-state index contributed by atoms with van der Waals surface area (Å²) in [6, 6.07) is 0. The van der Waals surface area contributed by atoms with Gasteiger partial charge in [-0.3, -0.25) is 4.79 Å². The highest BCUT2D eigenvalue weighted by Crippen LogP contribution is 2.66. The standard InChI is InChI=1S/C29H50O4Si2/c1-28-14-13-24-22(23(28)11-12-27(28)35(6,7)8)10-9-21-17-26(34(3,4)5)25(30)18-29(21,24)19-33-20-32-16-15-31-2/h12,17,22-24,26H,9-11,13-16,18-20H2,1-8H3/t22-,23-,24-,26?,28-,29+/m0/s1. The molecule has 1 unspecified atom stereocenters. The number of ketones is 1. The van der Waals surface area contributed by atoms with Crippen LogP contribution in [0.5, 0.6) is 0 Å². The number of carbonyl (C=O) groups is 1. The van der Waals surface area contributed by atoms with Crippen molar-refractivity contribution in [2.45, 2.75) is 90.3 Å². The largest absolute Gasteiger partial charge is 0.382 e. The third kappa shape index (κ3) is 4.99. The molecule has 0 aromatic heterocycles. The summed E-state index contributed by atoms with van der Waals surface area (Å²) < 4.78 is 17.0. The molecule has 198 valence electrons. The minimum atomic E-state index is -1.60. The lowest BCUT2D eigenvalue weighted by molar-refractivity contribution is -0.138. The monoisotopic (exact) mass is 518 g/mol. The van der Waals surface area contributed by atoms with Crippen molar-refractivity contribution in [2.24, 2.45) is 28.6 Å². The number of rotatable bonds is 9. The van der Waals surface area contributed by atoms with Crippen molar-refractivity contribution in [3.8, 4) is 0 Å². The number of carbonyl (C=O) groups excluding carboxylic acids is 1. The van der Waals surface area contributed by atoms with Crippen LogP contribution in [0.3, 0.4) is 0 Å². The Bertz CT molecular complexity index is 867.